The van der Waals surface area contributed by atoms with Crippen molar-refractivity contribution in [2.75, 3.05) is 19.5 Å². The SMILES string of the molecule is COc1cc2nccc(Nc3cc(C(C)(C)C)ns3)c2cc1OC. The fourth-order valence-electron chi connectivity index (χ4n) is 2.40. The minimum Gasteiger partial charge on any atom is -0.493 e. The van der Waals surface area contributed by atoms with Crippen molar-refractivity contribution in [1.82, 2.24) is 9.36 Å². The average Bonchev–Trinajstić information content (AvgIpc) is 3.02. The maximum Gasteiger partial charge on any atom is 0.162 e. The number of pyridine rings is 1. The van der Waals surface area contributed by atoms with Gasteiger partial charge in [0, 0.05) is 23.1 Å². The van der Waals surface area contributed by atoms with Crippen LogP contribution >= 0.6 is 11.5 Å². The third-order valence-electron chi connectivity index (χ3n) is 3.78. The van der Waals surface area contributed by atoms with E-state index in [-0.39, 0.29) is 5.41 Å². The molecular formula is C18H21N3O2S. The van der Waals surface area contributed by atoms with E-state index in [9.17, 15) is 0 Å². The van der Waals surface area contributed by atoms with Crippen molar-refractivity contribution in [2.45, 2.75) is 26.2 Å². The molecule has 0 saturated heterocycles. The van der Waals surface area contributed by atoms with Gasteiger partial charge in [-0.25, -0.2) is 0 Å². The highest BCUT2D eigenvalue weighted by molar-refractivity contribution is 7.10. The van der Waals surface area contributed by atoms with Gasteiger partial charge >= 0.3 is 0 Å². The zero-order valence-corrected chi connectivity index (χ0v) is 15.3. The fraction of sp³-hybridized carbons (Fsp3) is 0.333. The molecule has 1 aromatic carbocycles. The van der Waals surface area contributed by atoms with Gasteiger partial charge < -0.3 is 14.8 Å². The zero-order chi connectivity index (χ0) is 17.3. The lowest BCUT2D eigenvalue weighted by Gasteiger charge is -2.14. The van der Waals surface area contributed by atoms with E-state index in [1.54, 1.807) is 20.4 Å². The molecule has 0 aliphatic rings. The summed E-state index contributed by atoms with van der Waals surface area (Å²) in [7, 11) is 3.25. The second-order valence-corrected chi connectivity index (χ2v) is 7.34. The molecule has 0 bridgehead atoms. The van der Waals surface area contributed by atoms with E-state index in [2.05, 4.69) is 41.5 Å². The van der Waals surface area contributed by atoms with E-state index < -0.39 is 0 Å². The Balaban J connectivity index is 2.02. The normalized spacial score (nSPS) is 11.5. The van der Waals surface area contributed by atoms with Gasteiger partial charge in [-0.05, 0) is 29.7 Å². The summed E-state index contributed by atoms with van der Waals surface area (Å²) < 4.78 is 15.3. The fourth-order valence-corrected chi connectivity index (χ4v) is 3.25. The van der Waals surface area contributed by atoms with Crippen LogP contribution in [0.4, 0.5) is 10.7 Å². The summed E-state index contributed by atoms with van der Waals surface area (Å²) in [6.07, 6.45) is 1.78. The minimum absolute atomic E-state index is 0.0350. The molecule has 3 aromatic rings. The van der Waals surface area contributed by atoms with E-state index in [0.29, 0.717) is 11.5 Å². The molecule has 24 heavy (non-hydrogen) atoms. The van der Waals surface area contributed by atoms with Crippen LogP contribution in [0.2, 0.25) is 0 Å². The topological polar surface area (TPSA) is 56.3 Å². The second kappa shape index (κ2) is 6.28. The first kappa shape index (κ1) is 16.5. The number of methoxy groups -OCH3 is 2. The summed E-state index contributed by atoms with van der Waals surface area (Å²) in [5, 5.41) is 5.42. The monoisotopic (exact) mass is 343 g/mol. The van der Waals surface area contributed by atoms with Gasteiger partial charge in [-0.3, -0.25) is 4.98 Å². The maximum atomic E-state index is 5.41. The highest BCUT2D eigenvalue weighted by atomic mass is 32.1. The van der Waals surface area contributed by atoms with E-state index in [4.69, 9.17) is 9.47 Å². The molecule has 0 spiro atoms. The van der Waals surface area contributed by atoms with Gasteiger partial charge in [-0.15, -0.1) is 0 Å². The number of fused-ring (bicyclic) bond motifs is 1. The maximum absolute atomic E-state index is 5.41. The predicted molar refractivity (Wildman–Crippen MR) is 98.9 cm³/mol. The van der Waals surface area contributed by atoms with Gasteiger partial charge in [-0.1, -0.05) is 20.8 Å². The lowest BCUT2D eigenvalue weighted by molar-refractivity contribution is 0.356. The van der Waals surface area contributed by atoms with Crippen molar-refractivity contribution in [3.8, 4) is 11.5 Å². The highest BCUT2D eigenvalue weighted by Gasteiger charge is 2.18. The molecule has 0 atom stereocenters. The molecule has 0 aliphatic carbocycles. The Hall–Kier alpha value is -2.34. The Morgan fingerprint density at radius 1 is 1.04 bits per heavy atom. The first-order valence-corrected chi connectivity index (χ1v) is 8.44. The molecular weight excluding hydrogens is 322 g/mol. The lowest BCUT2D eigenvalue weighted by atomic mass is 9.92. The summed E-state index contributed by atoms with van der Waals surface area (Å²) >= 11 is 1.46. The van der Waals surface area contributed by atoms with Crippen molar-refractivity contribution >= 4 is 33.1 Å². The number of nitrogens with zero attached hydrogens (tertiary/aromatic N) is 2. The predicted octanol–water partition coefficient (Wildman–Crippen LogP) is 4.75. The Morgan fingerprint density at radius 3 is 2.38 bits per heavy atom. The third kappa shape index (κ3) is 3.14. The largest absolute Gasteiger partial charge is 0.493 e. The van der Waals surface area contributed by atoms with Gasteiger partial charge in [0.2, 0.25) is 0 Å². The lowest BCUT2D eigenvalue weighted by Crippen LogP contribution is -2.10. The molecule has 0 aliphatic heterocycles. The molecule has 126 valence electrons. The van der Waals surface area contributed by atoms with E-state index in [1.807, 2.05) is 18.2 Å². The smallest absolute Gasteiger partial charge is 0.162 e. The van der Waals surface area contributed by atoms with Crippen LogP contribution in [0.3, 0.4) is 0 Å². The molecule has 3 rings (SSSR count). The molecule has 2 heterocycles. The van der Waals surface area contributed by atoms with E-state index in [0.717, 1.165) is 27.3 Å². The Morgan fingerprint density at radius 2 is 1.75 bits per heavy atom. The molecule has 0 unspecified atom stereocenters. The number of hydrogen-bond acceptors (Lipinski definition) is 6. The summed E-state index contributed by atoms with van der Waals surface area (Å²) in [5.74, 6) is 1.35. The minimum atomic E-state index is 0.0350. The molecule has 0 amide bonds. The highest BCUT2D eigenvalue weighted by Crippen LogP contribution is 2.36. The van der Waals surface area contributed by atoms with Crippen LogP contribution in [0.25, 0.3) is 10.9 Å². The summed E-state index contributed by atoms with van der Waals surface area (Å²) in [6.45, 7) is 6.47. The van der Waals surface area contributed by atoms with Crippen LogP contribution in [0, 0.1) is 0 Å². The van der Waals surface area contributed by atoms with Gasteiger partial charge in [-0.2, -0.15) is 4.37 Å². The third-order valence-corrected chi connectivity index (χ3v) is 4.49. The molecule has 1 N–H and O–H groups in total. The second-order valence-electron chi connectivity index (χ2n) is 6.53. The number of nitrogens with one attached hydrogen (secondary N) is 1. The van der Waals surface area contributed by atoms with E-state index in [1.165, 1.54) is 11.5 Å². The van der Waals surface area contributed by atoms with Gasteiger partial charge in [0.25, 0.3) is 0 Å². The Kier molecular flexibility index (Phi) is 4.32. The number of rotatable bonds is 4. The van der Waals surface area contributed by atoms with E-state index >= 15 is 0 Å². The summed E-state index contributed by atoms with van der Waals surface area (Å²) in [5.41, 5.74) is 2.92. The van der Waals surface area contributed by atoms with Crippen LogP contribution in [-0.2, 0) is 5.41 Å². The van der Waals surface area contributed by atoms with Crippen molar-refractivity contribution < 1.29 is 9.47 Å². The molecule has 0 radical (unpaired) electrons. The zero-order valence-electron chi connectivity index (χ0n) is 14.5. The summed E-state index contributed by atoms with van der Waals surface area (Å²) in [4.78, 5) is 4.42. The Bertz CT molecular complexity index is 868. The Labute approximate surface area is 145 Å². The first-order chi connectivity index (χ1) is 11.4. The number of aromatic nitrogens is 2. The van der Waals surface area contributed by atoms with Crippen LogP contribution < -0.4 is 14.8 Å². The van der Waals surface area contributed by atoms with Crippen LogP contribution in [0.1, 0.15) is 26.5 Å². The van der Waals surface area contributed by atoms with Crippen LogP contribution in [-0.4, -0.2) is 23.6 Å². The average molecular weight is 343 g/mol. The van der Waals surface area contributed by atoms with Crippen molar-refractivity contribution in [3.63, 3.8) is 0 Å². The van der Waals surface area contributed by atoms with Gasteiger partial charge in [0.15, 0.2) is 11.5 Å². The quantitative estimate of drug-likeness (QED) is 0.741. The van der Waals surface area contributed by atoms with Crippen molar-refractivity contribution in [1.29, 1.82) is 0 Å². The number of benzene rings is 1. The van der Waals surface area contributed by atoms with Gasteiger partial charge in [0.05, 0.1) is 31.1 Å². The number of anilines is 2. The summed E-state index contributed by atoms with van der Waals surface area (Å²) in [6, 6.07) is 7.87. The molecule has 2 aromatic heterocycles. The van der Waals surface area contributed by atoms with Crippen LogP contribution in [0.5, 0.6) is 11.5 Å². The van der Waals surface area contributed by atoms with Crippen molar-refractivity contribution in [3.05, 3.63) is 36.2 Å². The molecule has 6 heteroatoms. The molecule has 0 saturated carbocycles. The van der Waals surface area contributed by atoms with Crippen LogP contribution in [0.15, 0.2) is 30.5 Å². The standard InChI is InChI=1S/C18H21N3O2S/c1-18(2,3)16-10-17(24-21-16)20-12-6-7-19-13-9-15(23-5)14(22-4)8-11(12)13/h6-10H,1-5H3,(H,19,20). The van der Waals surface area contributed by atoms with Crippen molar-refractivity contribution in [2.24, 2.45) is 0 Å². The first-order valence-electron chi connectivity index (χ1n) is 7.67. The number of ether oxygens (including phenoxy) is 2. The van der Waals surface area contributed by atoms with Gasteiger partial charge in [0.1, 0.15) is 5.00 Å². The number of hydrogen-bond donors (Lipinski definition) is 1. The molecule has 0 fully saturated rings. The molecule has 5 nitrogen and oxygen atoms in total.